The van der Waals surface area contributed by atoms with Gasteiger partial charge in [-0.2, -0.15) is 0 Å². The normalized spacial score (nSPS) is 14.5. The van der Waals surface area contributed by atoms with E-state index in [4.69, 9.17) is 0 Å². The van der Waals surface area contributed by atoms with E-state index in [1.807, 2.05) is 12.1 Å². The van der Waals surface area contributed by atoms with Crippen molar-refractivity contribution in [2.75, 3.05) is 18.5 Å². The summed E-state index contributed by atoms with van der Waals surface area (Å²) in [5.41, 5.74) is 1.33. The molecule has 1 N–H and O–H groups in total. The van der Waals surface area contributed by atoms with E-state index < -0.39 is 0 Å². The summed E-state index contributed by atoms with van der Waals surface area (Å²) in [6.07, 6.45) is 4.46. The second-order valence-corrected chi connectivity index (χ2v) is 5.53. The van der Waals surface area contributed by atoms with Crippen LogP contribution in [0.3, 0.4) is 0 Å². The molecular weight excluding hydrogens is 282 g/mol. The molecule has 116 valence electrons. The highest BCUT2D eigenvalue weighted by atomic mass is 16.2. The average molecular weight is 301 g/mol. The van der Waals surface area contributed by atoms with E-state index >= 15 is 0 Å². The smallest absolute Gasteiger partial charge is 0.332 e. The highest BCUT2D eigenvalue weighted by Crippen LogP contribution is 2.16. The van der Waals surface area contributed by atoms with E-state index in [1.165, 1.54) is 17.2 Å². The summed E-state index contributed by atoms with van der Waals surface area (Å²) in [6, 6.07) is 3.99. The minimum absolute atomic E-state index is 0.223. The summed E-state index contributed by atoms with van der Waals surface area (Å²) < 4.78 is 2.66. The number of pyridine rings is 1. The largest absolute Gasteiger partial charge is 0.358 e. The molecule has 2 aromatic rings. The molecule has 3 heterocycles. The Labute approximate surface area is 127 Å². The van der Waals surface area contributed by atoms with Gasteiger partial charge in [-0.25, -0.2) is 4.79 Å². The maximum absolute atomic E-state index is 12.3. The van der Waals surface area contributed by atoms with Crippen LogP contribution < -0.4 is 16.6 Å². The van der Waals surface area contributed by atoms with Gasteiger partial charge in [0.05, 0.1) is 12.2 Å². The topological polar surface area (TPSA) is 72.2 Å². The first-order valence-corrected chi connectivity index (χ1v) is 7.22. The number of nitrogens with one attached hydrogen (secondary N) is 1. The van der Waals surface area contributed by atoms with Gasteiger partial charge in [0.1, 0.15) is 5.82 Å². The lowest BCUT2D eigenvalue weighted by molar-refractivity contribution is 0.274. The molecule has 7 nitrogen and oxygen atoms in total. The van der Waals surface area contributed by atoms with E-state index in [9.17, 15) is 9.59 Å². The molecule has 0 aromatic carbocycles. The number of nitrogens with zero attached hydrogens (tertiary/aromatic N) is 4. The van der Waals surface area contributed by atoms with Gasteiger partial charge in [-0.3, -0.25) is 23.8 Å². The number of anilines is 1. The Balaban J connectivity index is 1.80. The van der Waals surface area contributed by atoms with E-state index in [0.29, 0.717) is 24.6 Å². The zero-order chi connectivity index (χ0) is 15.7. The van der Waals surface area contributed by atoms with Crippen LogP contribution in [0.15, 0.2) is 34.1 Å². The van der Waals surface area contributed by atoms with E-state index in [0.717, 1.165) is 17.5 Å². The maximum atomic E-state index is 12.3. The Morgan fingerprint density at radius 1 is 1.18 bits per heavy atom. The Bertz CT molecular complexity index is 794. The molecular formula is C15H19N5O2. The van der Waals surface area contributed by atoms with Gasteiger partial charge in [-0.15, -0.1) is 0 Å². The van der Waals surface area contributed by atoms with Crippen LogP contribution >= 0.6 is 0 Å². The number of hydrogen-bond acceptors (Lipinski definition) is 5. The second kappa shape index (κ2) is 5.76. The van der Waals surface area contributed by atoms with Crippen molar-refractivity contribution < 1.29 is 0 Å². The Kier molecular flexibility index (Phi) is 3.81. The van der Waals surface area contributed by atoms with Gasteiger partial charge in [-0.05, 0) is 24.1 Å². The molecule has 0 bridgehead atoms. The van der Waals surface area contributed by atoms with E-state index in [-0.39, 0.29) is 11.2 Å². The van der Waals surface area contributed by atoms with Crippen molar-refractivity contribution in [3.63, 3.8) is 0 Å². The predicted octanol–water partition coefficient (Wildman–Crippen LogP) is -0.0933. The molecule has 0 unspecified atom stereocenters. The third kappa shape index (κ3) is 2.55. The van der Waals surface area contributed by atoms with Crippen LogP contribution in [-0.2, 0) is 27.1 Å². The lowest BCUT2D eigenvalue weighted by atomic mass is 10.1. The average Bonchev–Trinajstić information content (AvgIpc) is 2.57. The van der Waals surface area contributed by atoms with Crippen LogP contribution in [0.2, 0.25) is 0 Å². The van der Waals surface area contributed by atoms with Crippen LogP contribution in [0.25, 0.3) is 0 Å². The van der Waals surface area contributed by atoms with Crippen molar-refractivity contribution in [2.24, 2.45) is 14.1 Å². The lowest BCUT2D eigenvalue weighted by Gasteiger charge is -2.30. The molecule has 0 fully saturated rings. The summed E-state index contributed by atoms with van der Waals surface area (Å²) in [5, 5.41) is 3.19. The summed E-state index contributed by atoms with van der Waals surface area (Å²) in [6.45, 7) is 2.01. The molecule has 0 spiro atoms. The SMILES string of the molecule is Cn1c2c(c(=O)n(C)c1=O)CN(CCc1ccncc1)CN2. The van der Waals surface area contributed by atoms with Gasteiger partial charge in [0.2, 0.25) is 0 Å². The molecule has 0 amide bonds. The molecule has 0 saturated heterocycles. The summed E-state index contributed by atoms with van der Waals surface area (Å²) >= 11 is 0. The fraction of sp³-hybridized carbons (Fsp3) is 0.400. The first-order chi connectivity index (χ1) is 10.6. The maximum Gasteiger partial charge on any atom is 0.332 e. The number of rotatable bonds is 3. The molecule has 3 rings (SSSR count). The Morgan fingerprint density at radius 2 is 1.91 bits per heavy atom. The van der Waals surface area contributed by atoms with Crippen LogP contribution in [0.4, 0.5) is 5.82 Å². The van der Waals surface area contributed by atoms with Crippen molar-refractivity contribution >= 4 is 5.82 Å². The lowest BCUT2D eigenvalue weighted by Crippen LogP contribution is -2.46. The summed E-state index contributed by atoms with van der Waals surface area (Å²) in [5.74, 6) is 0.633. The summed E-state index contributed by atoms with van der Waals surface area (Å²) in [7, 11) is 3.20. The molecule has 0 atom stereocenters. The van der Waals surface area contributed by atoms with Crippen molar-refractivity contribution in [3.8, 4) is 0 Å². The van der Waals surface area contributed by atoms with Gasteiger partial charge in [-0.1, -0.05) is 0 Å². The number of hydrogen-bond donors (Lipinski definition) is 1. The zero-order valence-electron chi connectivity index (χ0n) is 12.7. The monoisotopic (exact) mass is 301 g/mol. The quantitative estimate of drug-likeness (QED) is 0.857. The molecule has 22 heavy (non-hydrogen) atoms. The fourth-order valence-corrected chi connectivity index (χ4v) is 2.74. The van der Waals surface area contributed by atoms with Crippen molar-refractivity contribution in [1.29, 1.82) is 0 Å². The minimum atomic E-state index is -0.304. The second-order valence-electron chi connectivity index (χ2n) is 5.53. The van der Waals surface area contributed by atoms with Crippen molar-refractivity contribution in [2.45, 2.75) is 13.0 Å². The number of fused-ring (bicyclic) bond motifs is 1. The van der Waals surface area contributed by atoms with E-state index in [2.05, 4.69) is 15.2 Å². The highest BCUT2D eigenvalue weighted by molar-refractivity contribution is 5.45. The van der Waals surface area contributed by atoms with Crippen LogP contribution in [0, 0.1) is 0 Å². The van der Waals surface area contributed by atoms with Gasteiger partial charge in [0.25, 0.3) is 5.56 Å². The fourth-order valence-electron chi connectivity index (χ4n) is 2.74. The Morgan fingerprint density at radius 3 is 2.64 bits per heavy atom. The van der Waals surface area contributed by atoms with Gasteiger partial charge < -0.3 is 5.32 Å². The highest BCUT2D eigenvalue weighted by Gasteiger charge is 2.22. The molecule has 7 heteroatoms. The summed E-state index contributed by atoms with van der Waals surface area (Å²) in [4.78, 5) is 30.4. The molecule has 2 aromatic heterocycles. The van der Waals surface area contributed by atoms with Crippen LogP contribution in [-0.4, -0.2) is 32.2 Å². The van der Waals surface area contributed by atoms with E-state index in [1.54, 1.807) is 19.4 Å². The van der Waals surface area contributed by atoms with Gasteiger partial charge in [0, 0.05) is 39.6 Å². The van der Waals surface area contributed by atoms with Crippen LogP contribution in [0.1, 0.15) is 11.1 Å². The molecule has 0 saturated carbocycles. The third-order valence-corrected chi connectivity index (χ3v) is 4.08. The first kappa shape index (κ1) is 14.5. The standard InChI is InChI=1S/C15H19N5O2/c1-18-13-12(14(21)19(2)15(18)22)9-20(10-17-13)8-5-11-3-6-16-7-4-11/h3-4,6-7,17H,5,8-10H2,1-2H3. The third-order valence-electron chi connectivity index (χ3n) is 4.08. The molecule has 0 radical (unpaired) electrons. The van der Waals surface area contributed by atoms with Crippen molar-refractivity contribution in [3.05, 3.63) is 56.5 Å². The Hall–Kier alpha value is -2.41. The number of aromatic nitrogens is 3. The molecule has 0 aliphatic carbocycles. The first-order valence-electron chi connectivity index (χ1n) is 7.22. The van der Waals surface area contributed by atoms with Crippen LogP contribution in [0.5, 0.6) is 0 Å². The molecule has 1 aliphatic heterocycles. The minimum Gasteiger partial charge on any atom is -0.358 e. The van der Waals surface area contributed by atoms with Gasteiger partial charge >= 0.3 is 5.69 Å². The van der Waals surface area contributed by atoms with Gasteiger partial charge in [0.15, 0.2) is 0 Å². The predicted molar refractivity (Wildman–Crippen MR) is 83.8 cm³/mol. The van der Waals surface area contributed by atoms with Crippen molar-refractivity contribution in [1.82, 2.24) is 19.0 Å². The zero-order valence-corrected chi connectivity index (χ0v) is 12.7. The molecule has 1 aliphatic rings.